The van der Waals surface area contributed by atoms with Gasteiger partial charge in [0.05, 0.1) is 23.0 Å². The molecule has 0 aliphatic heterocycles. The molecule has 0 fully saturated rings. The van der Waals surface area contributed by atoms with Gasteiger partial charge < -0.3 is 15.0 Å². The molecule has 6 nitrogen and oxygen atoms in total. The first-order chi connectivity index (χ1) is 15.5. The number of nitrogens with one attached hydrogen (secondary N) is 1. The zero-order chi connectivity index (χ0) is 24.8. The van der Waals surface area contributed by atoms with Crippen molar-refractivity contribution in [1.82, 2.24) is 0 Å². The third kappa shape index (κ3) is 7.29. The quantitative estimate of drug-likeness (QED) is 0.339. The van der Waals surface area contributed by atoms with Crippen LogP contribution in [0.25, 0.3) is 0 Å². The zero-order valence-electron chi connectivity index (χ0n) is 20.0. The highest BCUT2D eigenvalue weighted by atomic mass is 35.5. The number of ether oxygens (including phenoxy) is 1. The van der Waals surface area contributed by atoms with Crippen molar-refractivity contribution in [2.75, 3.05) is 37.0 Å². The molecule has 178 valence electrons. The highest BCUT2D eigenvalue weighted by Crippen LogP contribution is 2.28. The predicted molar refractivity (Wildman–Crippen MR) is 138 cm³/mol. The number of benzene rings is 2. The van der Waals surface area contributed by atoms with Crippen LogP contribution in [-0.2, 0) is 14.3 Å². The number of halogens is 2. The largest absolute Gasteiger partial charge is 0.383 e. The maximum absolute atomic E-state index is 13.1. The van der Waals surface area contributed by atoms with Crippen LogP contribution < -0.4 is 10.2 Å². The lowest BCUT2D eigenvalue weighted by Crippen LogP contribution is -2.37. The summed E-state index contributed by atoms with van der Waals surface area (Å²) < 4.78 is 5.19. The number of amides is 1. The van der Waals surface area contributed by atoms with Crippen molar-refractivity contribution in [3.63, 3.8) is 0 Å². The average molecular weight is 492 g/mol. The van der Waals surface area contributed by atoms with Crippen molar-refractivity contribution in [3.8, 4) is 0 Å². The standard InChI is InChI=1S/C25H31Cl2N3O3/c1-7-30(12-13-33-6)18-9-11-20(16(2)14-18)28-22(23(31)25(3,4)5)24(32)29-21-10-8-17(26)15-19(21)27/h8-11,14-15H,7,12-13H2,1-6H3,(H,29,32). The predicted octanol–water partition coefficient (Wildman–Crippen LogP) is 6.10. The lowest BCUT2D eigenvalue weighted by molar-refractivity contribution is -0.121. The van der Waals surface area contributed by atoms with Gasteiger partial charge in [-0.25, -0.2) is 4.99 Å². The summed E-state index contributed by atoms with van der Waals surface area (Å²) in [6.45, 7) is 11.4. The Morgan fingerprint density at radius 1 is 1.12 bits per heavy atom. The number of hydrogen-bond acceptors (Lipinski definition) is 5. The van der Waals surface area contributed by atoms with Crippen LogP contribution in [0.15, 0.2) is 41.4 Å². The summed E-state index contributed by atoms with van der Waals surface area (Å²) in [4.78, 5) is 32.9. The van der Waals surface area contributed by atoms with Crippen molar-refractivity contribution < 1.29 is 14.3 Å². The molecule has 0 unspecified atom stereocenters. The first kappa shape index (κ1) is 26.8. The van der Waals surface area contributed by atoms with E-state index in [2.05, 4.69) is 22.1 Å². The van der Waals surface area contributed by atoms with Crippen LogP contribution in [0.4, 0.5) is 17.1 Å². The summed E-state index contributed by atoms with van der Waals surface area (Å²) in [5.41, 5.74) is 1.78. The highest BCUT2D eigenvalue weighted by Gasteiger charge is 2.31. The summed E-state index contributed by atoms with van der Waals surface area (Å²) in [5, 5.41) is 3.41. The van der Waals surface area contributed by atoms with E-state index in [0.717, 1.165) is 24.3 Å². The van der Waals surface area contributed by atoms with Crippen LogP contribution in [0, 0.1) is 12.3 Å². The van der Waals surface area contributed by atoms with Crippen LogP contribution in [-0.4, -0.2) is 44.2 Å². The van der Waals surface area contributed by atoms with E-state index in [4.69, 9.17) is 27.9 Å². The van der Waals surface area contributed by atoms with E-state index in [-0.39, 0.29) is 16.5 Å². The Labute approximate surface area is 205 Å². The van der Waals surface area contributed by atoms with Crippen LogP contribution in [0.2, 0.25) is 10.0 Å². The van der Waals surface area contributed by atoms with E-state index < -0.39 is 11.3 Å². The van der Waals surface area contributed by atoms with Crippen LogP contribution in [0.3, 0.4) is 0 Å². The Morgan fingerprint density at radius 3 is 2.36 bits per heavy atom. The van der Waals surface area contributed by atoms with Crippen molar-refractivity contribution in [2.45, 2.75) is 34.6 Å². The lowest BCUT2D eigenvalue weighted by Gasteiger charge is -2.23. The normalized spacial score (nSPS) is 11.9. The number of ketones is 1. The van der Waals surface area contributed by atoms with Gasteiger partial charge in [-0.15, -0.1) is 0 Å². The van der Waals surface area contributed by atoms with E-state index in [0.29, 0.717) is 23.0 Å². The first-order valence-corrected chi connectivity index (χ1v) is 11.5. The Bertz CT molecular complexity index is 1050. The summed E-state index contributed by atoms with van der Waals surface area (Å²) >= 11 is 12.1. The van der Waals surface area contributed by atoms with E-state index in [1.807, 2.05) is 25.1 Å². The van der Waals surface area contributed by atoms with Gasteiger partial charge in [0.25, 0.3) is 5.91 Å². The molecule has 2 rings (SSSR count). The number of anilines is 2. The molecule has 2 aromatic rings. The molecule has 1 N–H and O–H groups in total. The molecule has 0 bridgehead atoms. The minimum Gasteiger partial charge on any atom is -0.383 e. The monoisotopic (exact) mass is 491 g/mol. The van der Waals surface area contributed by atoms with Gasteiger partial charge in [0, 0.05) is 36.3 Å². The van der Waals surface area contributed by atoms with Gasteiger partial charge >= 0.3 is 0 Å². The molecule has 0 heterocycles. The van der Waals surface area contributed by atoms with Gasteiger partial charge in [-0.1, -0.05) is 44.0 Å². The van der Waals surface area contributed by atoms with Gasteiger partial charge in [-0.05, 0) is 55.8 Å². The molecule has 0 aliphatic carbocycles. The number of carbonyl (C=O) groups excluding carboxylic acids is 2. The summed E-state index contributed by atoms with van der Waals surface area (Å²) in [5.74, 6) is -0.998. The van der Waals surface area contributed by atoms with Crippen LogP contribution >= 0.6 is 23.2 Å². The van der Waals surface area contributed by atoms with Gasteiger partial charge in [0.1, 0.15) is 0 Å². The molecule has 0 atom stereocenters. The minimum absolute atomic E-state index is 0.184. The van der Waals surface area contributed by atoms with Crippen molar-refractivity contribution in [3.05, 3.63) is 52.0 Å². The number of aryl methyl sites for hydroxylation is 1. The number of nitrogens with zero attached hydrogens (tertiary/aromatic N) is 2. The molecule has 8 heteroatoms. The van der Waals surface area contributed by atoms with E-state index >= 15 is 0 Å². The Morgan fingerprint density at radius 2 is 1.82 bits per heavy atom. The Hall–Kier alpha value is -2.41. The molecule has 0 aliphatic rings. The van der Waals surface area contributed by atoms with E-state index in [1.54, 1.807) is 40.0 Å². The molecule has 1 amide bonds. The molecule has 0 radical (unpaired) electrons. The molecule has 33 heavy (non-hydrogen) atoms. The fraction of sp³-hybridized carbons (Fsp3) is 0.400. The molecular formula is C25H31Cl2N3O3. The second-order valence-electron chi connectivity index (χ2n) is 8.66. The Kier molecular flexibility index (Phi) is 9.46. The second kappa shape index (κ2) is 11.6. The zero-order valence-corrected chi connectivity index (χ0v) is 21.5. The smallest absolute Gasteiger partial charge is 0.278 e. The lowest BCUT2D eigenvalue weighted by atomic mass is 9.87. The topological polar surface area (TPSA) is 71.0 Å². The van der Waals surface area contributed by atoms with Gasteiger partial charge in [-0.2, -0.15) is 0 Å². The average Bonchev–Trinajstić information content (AvgIpc) is 2.74. The van der Waals surface area contributed by atoms with Gasteiger partial charge in [-0.3, -0.25) is 9.59 Å². The fourth-order valence-electron chi connectivity index (χ4n) is 3.09. The molecule has 0 saturated carbocycles. The second-order valence-corrected chi connectivity index (χ2v) is 9.50. The van der Waals surface area contributed by atoms with Gasteiger partial charge in [0.15, 0.2) is 11.5 Å². The maximum Gasteiger partial charge on any atom is 0.278 e. The van der Waals surface area contributed by atoms with Crippen molar-refractivity contribution in [1.29, 1.82) is 0 Å². The number of carbonyl (C=O) groups is 2. The molecule has 0 saturated heterocycles. The molecule has 0 spiro atoms. The number of aliphatic imine (C=N–C) groups is 1. The first-order valence-electron chi connectivity index (χ1n) is 10.7. The highest BCUT2D eigenvalue weighted by molar-refractivity contribution is 6.68. The van der Waals surface area contributed by atoms with E-state index in [9.17, 15) is 9.59 Å². The van der Waals surface area contributed by atoms with E-state index in [1.165, 1.54) is 6.07 Å². The fourth-order valence-corrected chi connectivity index (χ4v) is 3.54. The Balaban J connectivity index is 2.44. The van der Waals surface area contributed by atoms with Crippen molar-refractivity contribution >= 4 is 57.7 Å². The van der Waals surface area contributed by atoms with Gasteiger partial charge in [0.2, 0.25) is 0 Å². The van der Waals surface area contributed by atoms with Crippen LogP contribution in [0.5, 0.6) is 0 Å². The SMILES string of the molecule is CCN(CCOC)c1ccc(N=C(C(=O)Nc2ccc(Cl)cc2Cl)C(=O)C(C)(C)C)c(C)c1. The molecular weight excluding hydrogens is 461 g/mol. The molecule has 0 aromatic heterocycles. The number of rotatable bonds is 9. The van der Waals surface area contributed by atoms with Crippen molar-refractivity contribution in [2.24, 2.45) is 10.4 Å². The molecule has 2 aromatic carbocycles. The number of likely N-dealkylation sites (N-methyl/N-ethyl adjacent to an activating group) is 1. The third-order valence-electron chi connectivity index (χ3n) is 5.02. The summed E-state index contributed by atoms with van der Waals surface area (Å²) in [6, 6.07) is 10.5. The summed E-state index contributed by atoms with van der Waals surface area (Å²) in [7, 11) is 1.67. The number of Topliss-reactive ketones (excluding diaryl/α,β-unsaturated/α-hetero) is 1. The third-order valence-corrected chi connectivity index (χ3v) is 5.56. The number of hydrogen-bond donors (Lipinski definition) is 1. The number of methoxy groups -OCH3 is 1. The van der Waals surface area contributed by atoms with Crippen LogP contribution in [0.1, 0.15) is 33.3 Å². The minimum atomic E-state index is -0.799. The maximum atomic E-state index is 13.1. The summed E-state index contributed by atoms with van der Waals surface area (Å²) in [6.07, 6.45) is 0.